The van der Waals surface area contributed by atoms with Gasteiger partial charge in [-0.25, -0.2) is 0 Å². The number of aryl methyl sites for hydroxylation is 1. The lowest BCUT2D eigenvalue weighted by atomic mass is 9.87. The minimum Gasteiger partial charge on any atom is -0.317 e. The van der Waals surface area contributed by atoms with Crippen molar-refractivity contribution in [2.75, 3.05) is 13.6 Å². The molecule has 2 heteroatoms. The molecule has 2 aliphatic rings. The fraction of sp³-hybridized carbons (Fsp3) is 0.684. The van der Waals surface area contributed by atoms with Crippen LogP contribution in [0.15, 0.2) is 18.2 Å². The van der Waals surface area contributed by atoms with Crippen molar-refractivity contribution < 1.29 is 0 Å². The largest absolute Gasteiger partial charge is 0.317 e. The second-order valence-electron chi connectivity index (χ2n) is 6.97. The van der Waals surface area contributed by atoms with E-state index in [1.54, 1.807) is 11.1 Å². The van der Waals surface area contributed by atoms with Gasteiger partial charge in [-0.15, -0.1) is 0 Å². The molecule has 3 rings (SSSR count). The smallest absolute Gasteiger partial charge is 0.0205 e. The first kappa shape index (κ1) is 15.1. The molecule has 21 heavy (non-hydrogen) atoms. The molecule has 116 valence electrons. The summed E-state index contributed by atoms with van der Waals surface area (Å²) in [7, 11) is 2.08. The van der Waals surface area contributed by atoms with Gasteiger partial charge in [0.05, 0.1) is 0 Å². The van der Waals surface area contributed by atoms with Crippen LogP contribution in [0.25, 0.3) is 0 Å². The number of hydrogen-bond donors (Lipinski definition) is 2. The maximum atomic E-state index is 3.69. The zero-order valence-corrected chi connectivity index (χ0v) is 13.5. The van der Waals surface area contributed by atoms with Crippen LogP contribution in [-0.2, 0) is 19.4 Å². The van der Waals surface area contributed by atoms with Crippen molar-refractivity contribution in [1.29, 1.82) is 0 Å². The van der Waals surface area contributed by atoms with Gasteiger partial charge in [-0.3, -0.25) is 0 Å². The Morgan fingerprint density at radius 1 is 1.05 bits per heavy atom. The Hall–Kier alpha value is -0.860. The summed E-state index contributed by atoms with van der Waals surface area (Å²) in [5.41, 5.74) is 4.60. The van der Waals surface area contributed by atoms with Crippen LogP contribution in [0.3, 0.4) is 0 Å². The molecule has 0 bridgehead atoms. The van der Waals surface area contributed by atoms with E-state index in [9.17, 15) is 0 Å². The lowest BCUT2D eigenvalue weighted by molar-refractivity contribution is 0.342. The maximum absolute atomic E-state index is 3.69. The second kappa shape index (κ2) is 7.42. The van der Waals surface area contributed by atoms with Gasteiger partial charge in [0.2, 0.25) is 0 Å². The molecule has 0 radical (unpaired) electrons. The molecule has 0 saturated heterocycles. The molecule has 1 fully saturated rings. The van der Waals surface area contributed by atoms with Gasteiger partial charge < -0.3 is 10.6 Å². The Labute approximate surface area is 129 Å². The number of likely N-dealkylation sites (N-methyl/N-ethyl adjacent to an activating group) is 1. The van der Waals surface area contributed by atoms with Gasteiger partial charge in [-0.05, 0) is 68.3 Å². The third kappa shape index (κ3) is 4.08. The molecule has 0 spiro atoms. The van der Waals surface area contributed by atoms with Crippen molar-refractivity contribution in [2.24, 2.45) is 5.92 Å². The molecule has 1 aromatic carbocycles. The van der Waals surface area contributed by atoms with Gasteiger partial charge in [0.25, 0.3) is 0 Å². The standard InChI is InChI=1S/C19H30N2/c1-20-19-10-9-17-11-16(7-8-18(17)12-19)14-21-13-15-5-3-2-4-6-15/h7-8,11,15,19-21H,2-6,9-10,12-14H2,1H3. The molecule has 1 aromatic rings. The summed E-state index contributed by atoms with van der Waals surface area (Å²) in [6, 6.07) is 7.80. The first-order valence-corrected chi connectivity index (χ1v) is 8.84. The van der Waals surface area contributed by atoms with Gasteiger partial charge >= 0.3 is 0 Å². The lowest BCUT2D eigenvalue weighted by Gasteiger charge is -2.25. The molecule has 2 nitrogen and oxygen atoms in total. The van der Waals surface area contributed by atoms with Gasteiger partial charge in [-0.2, -0.15) is 0 Å². The molecular formula is C19H30N2. The van der Waals surface area contributed by atoms with E-state index in [4.69, 9.17) is 0 Å². The number of hydrogen-bond acceptors (Lipinski definition) is 2. The highest BCUT2D eigenvalue weighted by molar-refractivity contribution is 5.34. The van der Waals surface area contributed by atoms with E-state index >= 15 is 0 Å². The summed E-state index contributed by atoms with van der Waals surface area (Å²) in [5, 5.41) is 7.10. The second-order valence-corrected chi connectivity index (χ2v) is 6.97. The fourth-order valence-electron chi connectivity index (χ4n) is 3.98. The molecule has 0 heterocycles. The average molecular weight is 286 g/mol. The van der Waals surface area contributed by atoms with Crippen LogP contribution < -0.4 is 10.6 Å². The highest BCUT2D eigenvalue weighted by atomic mass is 14.9. The van der Waals surface area contributed by atoms with Crippen molar-refractivity contribution in [3.8, 4) is 0 Å². The third-order valence-electron chi connectivity index (χ3n) is 5.39. The highest BCUT2D eigenvalue weighted by Gasteiger charge is 2.17. The molecule has 1 atom stereocenters. The van der Waals surface area contributed by atoms with Gasteiger partial charge in [0.1, 0.15) is 0 Å². The Morgan fingerprint density at radius 3 is 2.71 bits per heavy atom. The topological polar surface area (TPSA) is 24.1 Å². The summed E-state index contributed by atoms with van der Waals surface area (Å²) in [5.74, 6) is 0.924. The van der Waals surface area contributed by atoms with Crippen molar-refractivity contribution in [3.63, 3.8) is 0 Å². The maximum Gasteiger partial charge on any atom is 0.0205 e. The van der Waals surface area contributed by atoms with Crippen LogP contribution in [0, 0.1) is 5.92 Å². The summed E-state index contributed by atoms with van der Waals surface area (Å²) >= 11 is 0. The van der Waals surface area contributed by atoms with E-state index in [1.807, 2.05) is 0 Å². The van der Waals surface area contributed by atoms with Crippen molar-refractivity contribution in [2.45, 2.75) is 64.0 Å². The Bertz CT molecular complexity index is 449. The number of nitrogens with one attached hydrogen (secondary N) is 2. The van der Waals surface area contributed by atoms with Crippen LogP contribution >= 0.6 is 0 Å². The van der Waals surface area contributed by atoms with Crippen molar-refractivity contribution in [1.82, 2.24) is 10.6 Å². The predicted molar refractivity (Wildman–Crippen MR) is 89.6 cm³/mol. The molecule has 2 N–H and O–H groups in total. The SMILES string of the molecule is CNC1CCc2cc(CNCC3CCCCC3)ccc2C1. The number of fused-ring (bicyclic) bond motifs is 1. The normalized spacial score (nSPS) is 23.0. The molecule has 0 aromatic heterocycles. The van der Waals surface area contributed by atoms with E-state index < -0.39 is 0 Å². The zero-order chi connectivity index (χ0) is 14.5. The summed E-state index contributed by atoms with van der Waals surface area (Å²) in [6.45, 7) is 2.25. The Kier molecular flexibility index (Phi) is 5.32. The number of rotatable bonds is 5. The molecule has 0 amide bonds. The van der Waals surface area contributed by atoms with Crippen LogP contribution in [0.4, 0.5) is 0 Å². The summed E-state index contributed by atoms with van der Waals surface area (Å²) < 4.78 is 0. The molecule has 0 aliphatic heterocycles. The van der Waals surface area contributed by atoms with Crippen molar-refractivity contribution >= 4 is 0 Å². The van der Waals surface area contributed by atoms with Gasteiger partial charge in [0, 0.05) is 12.6 Å². The van der Waals surface area contributed by atoms with E-state index in [-0.39, 0.29) is 0 Å². The summed E-state index contributed by atoms with van der Waals surface area (Å²) in [4.78, 5) is 0. The monoisotopic (exact) mass is 286 g/mol. The molecule has 2 aliphatic carbocycles. The first-order chi connectivity index (χ1) is 10.3. The average Bonchev–Trinajstić information content (AvgIpc) is 2.55. The predicted octanol–water partition coefficient (Wildman–Crippen LogP) is 3.43. The minimum atomic E-state index is 0.674. The highest BCUT2D eigenvalue weighted by Crippen LogP contribution is 2.24. The third-order valence-corrected chi connectivity index (χ3v) is 5.39. The van der Waals surface area contributed by atoms with E-state index in [0.717, 1.165) is 12.5 Å². The van der Waals surface area contributed by atoms with Crippen LogP contribution in [0.5, 0.6) is 0 Å². The zero-order valence-electron chi connectivity index (χ0n) is 13.5. The lowest BCUT2D eigenvalue weighted by Crippen LogP contribution is -2.31. The Morgan fingerprint density at radius 2 is 1.90 bits per heavy atom. The first-order valence-electron chi connectivity index (χ1n) is 8.84. The Balaban J connectivity index is 1.50. The molecule has 1 saturated carbocycles. The number of benzene rings is 1. The molecule has 1 unspecified atom stereocenters. The van der Waals surface area contributed by atoms with Gasteiger partial charge in [0.15, 0.2) is 0 Å². The van der Waals surface area contributed by atoms with Crippen LogP contribution in [0.2, 0.25) is 0 Å². The van der Waals surface area contributed by atoms with E-state index in [2.05, 4.69) is 35.9 Å². The summed E-state index contributed by atoms with van der Waals surface area (Å²) in [6.07, 6.45) is 10.9. The van der Waals surface area contributed by atoms with Crippen LogP contribution in [0.1, 0.15) is 55.2 Å². The quantitative estimate of drug-likeness (QED) is 0.866. The van der Waals surface area contributed by atoms with Crippen LogP contribution in [-0.4, -0.2) is 19.6 Å². The fourth-order valence-corrected chi connectivity index (χ4v) is 3.98. The minimum absolute atomic E-state index is 0.674. The van der Waals surface area contributed by atoms with Gasteiger partial charge in [-0.1, -0.05) is 37.5 Å². The van der Waals surface area contributed by atoms with E-state index in [1.165, 1.54) is 63.5 Å². The van der Waals surface area contributed by atoms with E-state index in [0.29, 0.717) is 6.04 Å². The van der Waals surface area contributed by atoms with Crippen molar-refractivity contribution in [3.05, 3.63) is 34.9 Å². The molecular weight excluding hydrogens is 256 g/mol.